The van der Waals surface area contributed by atoms with Crippen molar-refractivity contribution in [2.75, 3.05) is 5.32 Å². The van der Waals surface area contributed by atoms with Crippen LogP contribution in [0.1, 0.15) is 50.5 Å². The molecule has 1 saturated carbocycles. The minimum atomic E-state index is 0. The second-order valence-electron chi connectivity index (χ2n) is 5.22. The first kappa shape index (κ1) is 17.3. The number of carbonyl (C=O) groups is 1. The van der Waals surface area contributed by atoms with Crippen molar-refractivity contribution in [2.45, 2.75) is 57.9 Å². The van der Waals surface area contributed by atoms with Crippen molar-refractivity contribution in [1.82, 2.24) is 10.2 Å². The Morgan fingerprint density at radius 1 is 1.45 bits per heavy atom. The van der Waals surface area contributed by atoms with Crippen LogP contribution in [0.25, 0.3) is 0 Å². The average Bonchev–Trinajstić information content (AvgIpc) is 2.84. The Morgan fingerprint density at radius 2 is 2.25 bits per heavy atom. The van der Waals surface area contributed by atoms with E-state index in [1.54, 1.807) is 0 Å². The second-order valence-corrected chi connectivity index (χ2v) is 6.28. The Balaban J connectivity index is 0.00000200. The summed E-state index contributed by atoms with van der Waals surface area (Å²) in [7, 11) is 0. The maximum absolute atomic E-state index is 12.1. The molecule has 2 rings (SSSR count). The number of rotatable bonds is 5. The highest BCUT2D eigenvalue weighted by Crippen LogP contribution is 2.25. The summed E-state index contributed by atoms with van der Waals surface area (Å²) < 4.78 is 0. The first-order valence-corrected chi connectivity index (χ1v) is 7.89. The molecule has 20 heavy (non-hydrogen) atoms. The quantitative estimate of drug-likeness (QED) is 0.874. The SMILES string of the molecule is CCCCc1nnc(NC(=O)C2CCCC(N)C2)s1.Cl. The van der Waals surface area contributed by atoms with Gasteiger partial charge in [0, 0.05) is 18.4 Å². The van der Waals surface area contributed by atoms with Crippen molar-refractivity contribution >= 4 is 34.8 Å². The molecule has 0 saturated heterocycles. The van der Waals surface area contributed by atoms with Crippen LogP contribution in [0, 0.1) is 5.92 Å². The number of aryl methyl sites for hydroxylation is 1. The van der Waals surface area contributed by atoms with Crippen LogP contribution in [-0.2, 0) is 11.2 Å². The van der Waals surface area contributed by atoms with E-state index in [1.807, 2.05) is 0 Å². The number of nitrogens with two attached hydrogens (primary N) is 1. The lowest BCUT2D eigenvalue weighted by Gasteiger charge is -2.25. The second kappa shape index (κ2) is 8.54. The largest absolute Gasteiger partial charge is 0.328 e. The van der Waals surface area contributed by atoms with Crippen molar-refractivity contribution in [1.29, 1.82) is 0 Å². The number of aromatic nitrogens is 2. The number of unbranched alkanes of at least 4 members (excludes halogenated alkanes) is 1. The van der Waals surface area contributed by atoms with Crippen molar-refractivity contribution in [3.8, 4) is 0 Å². The third-order valence-electron chi connectivity index (χ3n) is 3.53. The fourth-order valence-corrected chi connectivity index (χ4v) is 3.19. The molecule has 2 atom stereocenters. The van der Waals surface area contributed by atoms with Gasteiger partial charge < -0.3 is 11.1 Å². The van der Waals surface area contributed by atoms with Crippen LogP contribution in [0.4, 0.5) is 5.13 Å². The van der Waals surface area contributed by atoms with Gasteiger partial charge in [0.15, 0.2) is 0 Å². The van der Waals surface area contributed by atoms with E-state index < -0.39 is 0 Å². The number of amides is 1. The highest BCUT2D eigenvalue weighted by Gasteiger charge is 2.25. The van der Waals surface area contributed by atoms with Gasteiger partial charge in [0.05, 0.1) is 0 Å². The molecule has 114 valence electrons. The molecule has 3 N–H and O–H groups in total. The van der Waals surface area contributed by atoms with Gasteiger partial charge in [0.25, 0.3) is 0 Å². The van der Waals surface area contributed by atoms with Gasteiger partial charge in [-0.2, -0.15) is 0 Å². The van der Waals surface area contributed by atoms with E-state index >= 15 is 0 Å². The van der Waals surface area contributed by atoms with Crippen molar-refractivity contribution in [2.24, 2.45) is 11.7 Å². The Labute approximate surface area is 130 Å². The first-order chi connectivity index (χ1) is 9.19. The predicted octanol–water partition coefficient (Wildman–Crippen LogP) is 2.76. The molecule has 0 bridgehead atoms. The normalized spacial score (nSPS) is 22.1. The fourth-order valence-electron chi connectivity index (χ4n) is 2.41. The van der Waals surface area contributed by atoms with E-state index in [1.165, 1.54) is 11.3 Å². The van der Waals surface area contributed by atoms with Crippen LogP contribution in [-0.4, -0.2) is 22.1 Å². The van der Waals surface area contributed by atoms with E-state index in [0.29, 0.717) is 5.13 Å². The number of carbonyl (C=O) groups excluding carboxylic acids is 1. The number of anilines is 1. The summed E-state index contributed by atoms with van der Waals surface area (Å²) in [5.41, 5.74) is 5.91. The number of nitrogens with zero attached hydrogens (tertiary/aromatic N) is 2. The van der Waals surface area contributed by atoms with Crippen LogP contribution < -0.4 is 11.1 Å². The summed E-state index contributed by atoms with van der Waals surface area (Å²) in [5.74, 6) is 0.0834. The summed E-state index contributed by atoms with van der Waals surface area (Å²) >= 11 is 1.48. The Kier molecular flexibility index (Phi) is 7.40. The van der Waals surface area contributed by atoms with Gasteiger partial charge in [-0.1, -0.05) is 31.1 Å². The molecule has 1 fully saturated rings. The lowest BCUT2D eigenvalue weighted by Crippen LogP contribution is -2.34. The molecule has 0 aromatic carbocycles. The lowest BCUT2D eigenvalue weighted by atomic mass is 9.86. The molecule has 1 amide bonds. The van der Waals surface area contributed by atoms with Crippen LogP contribution in [0.2, 0.25) is 0 Å². The van der Waals surface area contributed by atoms with Gasteiger partial charge in [0.2, 0.25) is 11.0 Å². The lowest BCUT2D eigenvalue weighted by molar-refractivity contribution is -0.120. The van der Waals surface area contributed by atoms with Crippen LogP contribution in [0.3, 0.4) is 0 Å². The molecular weight excluding hydrogens is 296 g/mol. The third kappa shape index (κ3) is 5.00. The zero-order valence-corrected chi connectivity index (χ0v) is 13.4. The molecule has 2 unspecified atom stereocenters. The highest BCUT2D eigenvalue weighted by molar-refractivity contribution is 7.15. The zero-order chi connectivity index (χ0) is 13.7. The molecule has 1 aromatic heterocycles. The maximum atomic E-state index is 12.1. The first-order valence-electron chi connectivity index (χ1n) is 7.08. The molecule has 1 heterocycles. The summed E-state index contributed by atoms with van der Waals surface area (Å²) in [5, 5.41) is 12.6. The maximum Gasteiger partial charge on any atom is 0.229 e. The molecule has 0 spiro atoms. The smallest absolute Gasteiger partial charge is 0.229 e. The topological polar surface area (TPSA) is 80.9 Å². The standard InChI is InChI=1S/C13H22N4OS.ClH/c1-2-3-7-11-16-17-13(19-11)15-12(18)9-5-4-6-10(14)8-9;/h9-10H,2-8,14H2,1H3,(H,15,17,18);1H. The van der Waals surface area contributed by atoms with E-state index in [4.69, 9.17) is 5.73 Å². The fraction of sp³-hybridized carbons (Fsp3) is 0.769. The number of halogens is 1. The number of nitrogens with one attached hydrogen (secondary N) is 1. The number of hydrogen-bond donors (Lipinski definition) is 2. The van der Waals surface area contributed by atoms with Gasteiger partial charge >= 0.3 is 0 Å². The number of hydrogen-bond acceptors (Lipinski definition) is 5. The minimum absolute atomic E-state index is 0. The summed E-state index contributed by atoms with van der Waals surface area (Å²) in [6.07, 6.45) is 6.98. The van der Waals surface area contributed by atoms with E-state index in [0.717, 1.165) is 50.0 Å². The van der Waals surface area contributed by atoms with Crippen LogP contribution in [0.15, 0.2) is 0 Å². The van der Waals surface area contributed by atoms with E-state index in [2.05, 4.69) is 22.4 Å². The van der Waals surface area contributed by atoms with Gasteiger partial charge in [-0.3, -0.25) is 4.79 Å². The molecule has 5 nitrogen and oxygen atoms in total. The van der Waals surface area contributed by atoms with Crippen molar-refractivity contribution < 1.29 is 4.79 Å². The monoisotopic (exact) mass is 318 g/mol. The van der Waals surface area contributed by atoms with Crippen molar-refractivity contribution in [3.63, 3.8) is 0 Å². The van der Waals surface area contributed by atoms with Gasteiger partial charge in [0.1, 0.15) is 5.01 Å². The third-order valence-corrected chi connectivity index (χ3v) is 4.43. The molecule has 7 heteroatoms. The molecule has 0 radical (unpaired) electrons. The van der Waals surface area contributed by atoms with E-state index in [-0.39, 0.29) is 30.3 Å². The summed E-state index contributed by atoms with van der Waals surface area (Å²) in [6, 6.07) is 0.166. The van der Waals surface area contributed by atoms with Gasteiger partial charge in [-0.15, -0.1) is 22.6 Å². The van der Waals surface area contributed by atoms with Crippen LogP contribution >= 0.6 is 23.7 Å². The van der Waals surface area contributed by atoms with Gasteiger partial charge in [-0.05, 0) is 25.7 Å². The average molecular weight is 319 g/mol. The Bertz CT molecular complexity index is 426. The van der Waals surface area contributed by atoms with Crippen LogP contribution in [0.5, 0.6) is 0 Å². The predicted molar refractivity (Wildman–Crippen MR) is 84.3 cm³/mol. The van der Waals surface area contributed by atoms with E-state index in [9.17, 15) is 4.79 Å². The molecule has 1 aliphatic rings. The summed E-state index contributed by atoms with van der Waals surface area (Å²) in [6.45, 7) is 2.15. The minimum Gasteiger partial charge on any atom is -0.328 e. The Hall–Kier alpha value is -0.720. The molecular formula is C13H23ClN4OS. The zero-order valence-electron chi connectivity index (χ0n) is 11.8. The highest BCUT2D eigenvalue weighted by atomic mass is 35.5. The molecule has 1 aliphatic carbocycles. The molecule has 0 aliphatic heterocycles. The molecule has 1 aromatic rings. The Morgan fingerprint density at radius 3 is 2.95 bits per heavy atom. The van der Waals surface area contributed by atoms with Crippen molar-refractivity contribution in [3.05, 3.63) is 5.01 Å². The van der Waals surface area contributed by atoms with Gasteiger partial charge in [-0.25, -0.2) is 0 Å². The summed E-state index contributed by atoms with van der Waals surface area (Å²) in [4.78, 5) is 12.1.